The molecule has 0 aliphatic heterocycles. The van der Waals surface area contributed by atoms with E-state index in [1.165, 1.54) is 19.0 Å². The van der Waals surface area contributed by atoms with Crippen molar-refractivity contribution >= 4 is 29.0 Å². The Bertz CT molecular complexity index is 1180. The molecule has 2 fully saturated rings. The van der Waals surface area contributed by atoms with Crippen LogP contribution < -0.4 is 11.1 Å². The van der Waals surface area contributed by atoms with Gasteiger partial charge < -0.3 is 21.3 Å². The van der Waals surface area contributed by atoms with Crippen molar-refractivity contribution in [1.29, 1.82) is 0 Å². The second-order valence-electron chi connectivity index (χ2n) is 10.2. The number of benzene rings is 1. The average Bonchev–Trinajstić information content (AvgIpc) is 2.79. The Morgan fingerprint density at radius 1 is 1.25 bits per heavy atom. The third kappa shape index (κ3) is 3.60. The Morgan fingerprint density at radius 2 is 1.92 bits per heavy atom. The van der Waals surface area contributed by atoms with Gasteiger partial charge in [0.2, 0.25) is 5.91 Å². The van der Waals surface area contributed by atoms with Crippen LogP contribution in [0.4, 0.5) is 4.39 Å². The molecule has 0 radical (unpaired) electrons. The molecule has 0 aromatic heterocycles. The summed E-state index contributed by atoms with van der Waals surface area (Å²) in [5, 5.41) is 25.4. The van der Waals surface area contributed by atoms with E-state index < -0.39 is 75.9 Å². The summed E-state index contributed by atoms with van der Waals surface area (Å²) in [5.74, 6) is -12.3. The van der Waals surface area contributed by atoms with Gasteiger partial charge in [0.05, 0.1) is 17.5 Å². The Kier molecular flexibility index (Phi) is 6.61. The first-order valence-electron chi connectivity index (χ1n) is 12.0. The number of aliphatic hydroxyl groups is 1. The molecule has 36 heavy (non-hydrogen) atoms. The maximum absolute atomic E-state index is 15.1. The van der Waals surface area contributed by atoms with E-state index in [1.807, 2.05) is 6.92 Å². The van der Waals surface area contributed by atoms with Gasteiger partial charge in [0.15, 0.2) is 34.7 Å². The maximum Gasteiger partial charge on any atom is 0.235 e. The van der Waals surface area contributed by atoms with Gasteiger partial charge in [0, 0.05) is 23.6 Å². The van der Waals surface area contributed by atoms with E-state index in [4.69, 9.17) is 5.73 Å². The summed E-state index contributed by atoms with van der Waals surface area (Å²) < 4.78 is 15.1. The van der Waals surface area contributed by atoms with Crippen molar-refractivity contribution < 1.29 is 38.6 Å². The zero-order chi connectivity index (χ0) is 26.7. The number of fused-ring (bicyclic) bond motifs is 3. The van der Waals surface area contributed by atoms with Crippen molar-refractivity contribution in [3.8, 4) is 5.75 Å². The lowest BCUT2D eigenvalue weighted by Gasteiger charge is -2.52. The smallest absolute Gasteiger partial charge is 0.235 e. The zero-order valence-electron chi connectivity index (χ0n) is 20.3. The van der Waals surface area contributed by atoms with Gasteiger partial charge in [-0.15, -0.1) is 0 Å². The average molecular weight is 504 g/mol. The molecule has 1 amide bonds. The second-order valence-corrected chi connectivity index (χ2v) is 10.2. The molecule has 3 aliphatic rings. The predicted octanol–water partition coefficient (Wildman–Crippen LogP) is -0.494. The molecule has 5 N–H and O–H groups in total. The topological polar surface area (TPSA) is 167 Å². The fourth-order valence-corrected chi connectivity index (χ4v) is 6.21. The van der Waals surface area contributed by atoms with Crippen LogP contribution >= 0.6 is 0 Å². The molecule has 10 nitrogen and oxygen atoms in total. The van der Waals surface area contributed by atoms with Crippen LogP contribution in [0.15, 0.2) is 6.07 Å². The van der Waals surface area contributed by atoms with Gasteiger partial charge in [-0.25, -0.2) is 4.39 Å². The van der Waals surface area contributed by atoms with Crippen LogP contribution in [0.1, 0.15) is 41.3 Å². The Balaban J connectivity index is 1.82. The molecular formula is C25H30FN3O7. The SMILES string of the molecule is CCCNCc1cc(F)c2c(c1O)C(=O)C1C(=O)[C@]3(O)C(=O)C(C(N)=O)C(=O)[C@@H](N(C)C)[C@@H]3C[C@@H]1C2. The van der Waals surface area contributed by atoms with Gasteiger partial charge in [-0.1, -0.05) is 6.92 Å². The molecule has 2 saturated carbocycles. The molecule has 3 aliphatic carbocycles. The molecule has 4 rings (SSSR count). The largest absolute Gasteiger partial charge is 0.507 e. The number of nitrogens with zero attached hydrogens (tertiary/aromatic N) is 1. The monoisotopic (exact) mass is 503 g/mol. The molecule has 1 aromatic rings. The lowest BCUT2D eigenvalue weighted by Crippen LogP contribution is -2.74. The predicted molar refractivity (Wildman–Crippen MR) is 123 cm³/mol. The number of likely N-dealkylation sites (N-methyl/N-ethyl adjacent to an activating group) is 1. The number of carbonyl (C=O) groups is 5. The van der Waals surface area contributed by atoms with Crippen molar-refractivity contribution in [2.24, 2.45) is 29.4 Å². The molecular weight excluding hydrogens is 473 g/mol. The number of nitrogens with one attached hydrogen (secondary N) is 1. The fourth-order valence-electron chi connectivity index (χ4n) is 6.21. The van der Waals surface area contributed by atoms with E-state index >= 15 is 4.39 Å². The molecule has 0 bridgehead atoms. The number of phenols is 1. The summed E-state index contributed by atoms with van der Waals surface area (Å²) in [6.07, 6.45) is 0.569. The van der Waals surface area contributed by atoms with Gasteiger partial charge >= 0.3 is 0 Å². The number of Topliss-reactive ketones (excluding diaryl/α,β-unsaturated/α-hetero) is 4. The lowest BCUT2D eigenvalue weighted by molar-refractivity contribution is -0.181. The van der Waals surface area contributed by atoms with Crippen molar-refractivity contribution in [3.05, 3.63) is 28.6 Å². The molecule has 0 heterocycles. The number of rotatable bonds is 6. The van der Waals surface area contributed by atoms with Crippen LogP contribution in [0.3, 0.4) is 0 Å². The van der Waals surface area contributed by atoms with E-state index in [0.29, 0.717) is 6.54 Å². The van der Waals surface area contributed by atoms with Crippen LogP contribution in [-0.2, 0) is 32.1 Å². The van der Waals surface area contributed by atoms with Crippen LogP contribution in [0.25, 0.3) is 0 Å². The summed E-state index contributed by atoms with van der Waals surface area (Å²) in [4.78, 5) is 66.9. The summed E-state index contributed by atoms with van der Waals surface area (Å²) in [5.41, 5.74) is 2.26. The number of carbonyl (C=O) groups excluding carboxylic acids is 5. The number of amides is 1. The van der Waals surface area contributed by atoms with Crippen LogP contribution in [0, 0.1) is 29.5 Å². The number of aromatic hydroxyl groups is 1. The second kappa shape index (κ2) is 9.13. The quantitative estimate of drug-likeness (QED) is 0.296. The number of halogens is 1. The first-order valence-corrected chi connectivity index (χ1v) is 12.0. The normalized spacial score (nSPS) is 31.8. The van der Waals surface area contributed by atoms with E-state index in [1.54, 1.807) is 0 Å². The number of nitrogens with two attached hydrogens (primary N) is 1. The Hall–Kier alpha value is -3.02. The van der Waals surface area contributed by atoms with Crippen molar-refractivity contribution in [1.82, 2.24) is 10.2 Å². The Labute approximate surface area is 207 Å². The number of ketones is 4. The first kappa shape index (κ1) is 26.1. The van der Waals surface area contributed by atoms with Gasteiger partial charge in [0.1, 0.15) is 11.6 Å². The zero-order valence-corrected chi connectivity index (χ0v) is 20.3. The van der Waals surface area contributed by atoms with E-state index in [9.17, 15) is 34.2 Å². The van der Waals surface area contributed by atoms with Crippen molar-refractivity contribution in [3.63, 3.8) is 0 Å². The minimum absolute atomic E-state index is 0.0406. The minimum Gasteiger partial charge on any atom is -0.507 e. The van der Waals surface area contributed by atoms with Gasteiger partial charge in [0.25, 0.3) is 0 Å². The van der Waals surface area contributed by atoms with Gasteiger partial charge in [-0.3, -0.25) is 28.9 Å². The summed E-state index contributed by atoms with van der Waals surface area (Å²) >= 11 is 0. The Morgan fingerprint density at radius 3 is 2.50 bits per heavy atom. The molecule has 2 unspecified atom stereocenters. The summed E-state index contributed by atoms with van der Waals surface area (Å²) in [7, 11) is 3.00. The summed E-state index contributed by atoms with van der Waals surface area (Å²) in [6, 6.07) is -0.0454. The van der Waals surface area contributed by atoms with E-state index in [-0.39, 0.29) is 36.1 Å². The minimum atomic E-state index is -2.80. The number of phenolic OH excluding ortho intramolecular Hbond substituents is 1. The van der Waals surface area contributed by atoms with Crippen LogP contribution in [0.5, 0.6) is 5.75 Å². The molecule has 1 aromatic carbocycles. The highest BCUT2D eigenvalue weighted by atomic mass is 19.1. The van der Waals surface area contributed by atoms with E-state index in [0.717, 1.165) is 12.5 Å². The standard InChI is InChI=1S/C25H30FN3O7/c1-4-5-28-9-11-8-14(26)12-6-10-7-13-18(29(2)3)21(32)17(24(27)35)23(34)25(13,36)22(33)15(10)20(31)16(12)19(11)30/h8,10,13,15,17-18,28,30,36H,4-7,9H2,1-3H3,(H2,27,35)/t10-,13-,15?,17?,18-,25-/m0/s1. The maximum atomic E-state index is 15.1. The van der Waals surface area contributed by atoms with E-state index in [2.05, 4.69) is 5.32 Å². The lowest BCUT2D eigenvalue weighted by atomic mass is 9.52. The highest BCUT2D eigenvalue weighted by Gasteiger charge is 2.69. The number of hydrogen-bond donors (Lipinski definition) is 4. The number of primary amides is 1. The van der Waals surface area contributed by atoms with Crippen molar-refractivity contribution in [2.45, 2.75) is 44.4 Å². The fraction of sp³-hybridized carbons (Fsp3) is 0.560. The summed E-state index contributed by atoms with van der Waals surface area (Å²) in [6.45, 7) is 2.62. The molecule has 6 atom stereocenters. The molecule has 0 saturated heterocycles. The number of hydrogen-bond acceptors (Lipinski definition) is 9. The van der Waals surface area contributed by atoms with Crippen molar-refractivity contribution in [2.75, 3.05) is 20.6 Å². The molecule has 194 valence electrons. The van der Waals surface area contributed by atoms with Gasteiger partial charge in [-0.05, 0) is 51.9 Å². The highest BCUT2D eigenvalue weighted by molar-refractivity contribution is 6.32. The third-order valence-corrected chi connectivity index (χ3v) is 7.83. The third-order valence-electron chi connectivity index (χ3n) is 7.83. The van der Waals surface area contributed by atoms with Crippen LogP contribution in [0.2, 0.25) is 0 Å². The first-order chi connectivity index (χ1) is 16.9. The van der Waals surface area contributed by atoms with Gasteiger partial charge in [-0.2, -0.15) is 0 Å². The van der Waals surface area contributed by atoms with Crippen LogP contribution in [-0.4, -0.2) is 76.4 Å². The molecule has 11 heteroatoms. The molecule has 0 spiro atoms. The highest BCUT2D eigenvalue weighted by Crippen LogP contribution is 2.51.